The molecule has 2 aliphatic heterocycles. The number of hydrogen-bond donors (Lipinski definition) is 1. The Bertz CT molecular complexity index is 635. The quantitative estimate of drug-likeness (QED) is 0.851. The molecule has 1 aromatic heterocycles. The zero-order chi connectivity index (χ0) is 17.3. The fraction of sp³-hybridized carbons (Fsp3) is 0.733. The molecule has 0 spiro atoms. The molecule has 0 aliphatic carbocycles. The van der Waals surface area contributed by atoms with Crippen LogP contribution in [0.5, 0.6) is 0 Å². The van der Waals surface area contributed by atoms with Crippen LogP contribution in [0.25, 0.3) is 0 Å². The molecule has 0 radical (unpaired) electrons. The van der Waals surface area contributed by atoms with Gasteiger partial charge in [0.15, 0.2) is 11.8 Å². The number of amides is 1. The van der Waals surface area contributed by atoms with E-state index in [1.807, 2.05) is 20.8 Å². The van der Waals surface area contributed by atoms with Gasteiger partial charge in [-0.05, 0) is 27.7 Å². The molecule has 1 atom stereocenters. The normalized spacial score (nSPS) is 20.7. The van der Waals surface area contributed by atoms with Crippen LogP contribution in [0.15, 0.2) is 9.52 Å². The molecule has 1 amide bonds. The van der Waals surface area contributed by atoms with Gasteiger partial charge in [-0.3, -0.25) is 4.99 Å². The first-order valence-corrected chi connectivity index (χ1v) is 8.14. The highest BCUT2D eigenvalue weighted by atomic mass is 16.6. The Balaban J connectivity index is 1.52. The predicted octanol–water partition coefficient (Wildman–Crippen LogP) is 0.759. The fourth-order valence-corrected chi connectivity index (χ4v) is 2.79. The number of nitrogens with zero attached hydrogens (tertiary/aromatic N) is 5. The molecule has 1 aromatic rings. The van der Waals surface area contributed by atoms with Crippen molar-refractivity contribution in [3.05, 3.63) is 11.7 Å². The molecule has 9 heteroatoms. The van der Waals surface area contributed by atoms with Gasteiger partial charge in [-0.25, -0.2) is 4.79 Å². The molecule has 3 heterocycles. The van der Waals surface area contributed by atoms with Crippen molar-refractivity contribution >= 4 is 12.1 Å². The second kappa shape index (κ2) is 6.29. The number of ether oxygens (including phenoxy) is 1. The maximum Gasteiger partial charge on any atom is 0.410 e. The summed E-state index contributed by atoms with van der Waals surface area (Å²) >= 11 is 0. The summed E-state index contributed by atoms with van der Waals surface area (Å²) in [7, 11) is 0. The van der Waals surface area contributed by atoms with E-state index in [0.717, 1.165) is 12.5 Å². The van der Waals surface area contributed by atoms with E-state index >= 15 is 0 Å². The number of carbonyl (C=O) groups excluding carboxylic acids is 1. The summed E-state index contributed by atoms with van der Waals surface area (Å²) in [6, 6.07) is 0.179. The molecule has 0 aromatic carbocycles. The average Bonchev–Trinajstić information content (AvgIpc) is 3.08. The molecule has 0 saturated carbocycles. The van der Waals surface area contributed by atoms with Gasteiger partial charge in [-0.1, -0.05) is 5.16 Å². The summed E-state index contributed by atoms with van der Waals surface area (Å²) in [5, 5.41) is 7.00. The van der Waals surface area contributed by atoms with Crippen LogP contribution < -0.4 is 5.32 Å². The number of aromatic nitrogens is 2. The second-order valence-corrected chi connectivity index (χ2v) is 7.03. The van der Waals surface area contributed by atoms with Crippen LogP contribution in [0.3, 0.4) is 0 Å². The zero-order valence-electron chi connectivity index (χ0n) is 14.6. The molecule has 2 aliphatic rings. The number of aryl methyl sites for hydroxylation is 1. The van der Waals surface area contributed by atoms with Crippen molar-refractivity contribution in [1.82, 2.24) is 25.3 Å². The van der Waals surface area contributed by atoms with Crippen LogP contribution in [0.1, 0.15) is 32.5 Å². The van der Waals surface area contributed by atoms with E-state index in [1.165, 1.54) is 0 Å². The van der Waals surface area contributed by atoms with Gasteiger partial charge in [0, 0.05) is 19.6 Å². The maximum absolute atomic E-state index is 12.2. The number of guanidine groups is 1. The Labute approximate surface area is 141 Å². The van der Waals surface area contributed by atoms with Crippen molar-refractivity contribution in [2.45, 2.75) is 45.9 Å². The van der Waals surface area contributed by atoms with Crippen molar-refractivity contribution in [2.24, 2.45) is 4.99 Å². The Morgan fingerprint density at radius 3 is 2.88 bits per heavy atom. The Morgan fingerprint density at radius 1 is 1.42 bits per heavy atom. The molecule has 1 fully saturated rings. The first-order valence-electron chi connectivity index (χ1n) is 8.14. The molecule has 132 valence electrons. The summed E-state index contributed by atoms with van der Waals surface area (Å²) in [5.41, 5.74) is -0.477. The molecule has 1 N–H and O–H groups in total. The molecule has 3 rings (SSSR count). The highest BCUT2D eigenvalue weighted by molar-refractivity contribution is 5.82. The van der Waals surface area contributed by atoms with E-state index in [1.54, 1.807) is 11.8 Å². The first kappa shape index (κ1) is 16.5. The number of piperazine rings is 1. The first-order chi connectivity index (χ1) is 11.3. The van der Waals surface area contributed by atoms with Gasteiger partial charge >= 0.3 is 6.09 Å². The largest absolute Gasteiger partial charge is 0.444 e. The minimum absolute atomic E-state index is 0.179. The molecule has 1 saturated heterocycles. The Kier molecular flexibility index (Phi) is 4.33. The molecule has 9 nitrogen and oxygen atoms in total. The van der Waals surface area contributed by atoms with E-state index in [2.05, 4.69) is 25.3 Å². The average molecular weight is 336 g/mol. The molecule has 1 unspecified atom stereocenters. The van der Waals surface area contributed by atoms with Gasteiger partial charge in [0.1, 0.15) is 5.60 Å². The molecule has 24 heavy (non-hydrogen) atoms. The van der Waals surface area contributed by atoms with Crippen molar-refractivity contribution in [1.29, 1.82) is 0 Å². The number of hydrogen-bond acceptors (Lipinski definition) is 8. The van der Waals surface area contributed by atoms with E-state index in [-0.39, 0.29) is 12.1 Å². The number of carbonyl (C=O) groups is 1. The summed E-state index contributed by atoms with van der Waals surface area (Å²) in [5.74, 6) is 1.97. The van der Waals surface area contributed by atoms with E-state index in [4.69, 9.17) is 9.26 Å². The number of aliphatic imine (C=N–C) groups is 1. The number of nitrogens with one attached hydrogen (secondary N) is 1. The summed E-state index contributed by atoms with van der Waals surface area (Å²) < 4.78 is 10.5. The highest BCUT2D eigenvalue weighted by Gasteiger charge is 2.36. The van der Waals surface area contributed by atoms with Gasteiger partial charge < -0.3 is 24.4 Å². The monoisotopic (exact) mass is 336 g/mol. The van der Waals surface area contributed by atoms with E-state index < -0.39 is 5.60 Å². The standard InChI is InChI=1S/C15H24N6O3/c1-10-18-12(24-19-10)8-17-13-16-7-11-9-20(5-6-21(11)13)14(22)23-15(2,3)4/h11H,5-9H2,1-4H3,(H,16,17). The summed E-state index contributed by atoms with van der Waals surface area (Å²) in [4.78, 5) is 24.8. The molecular weight excluding hydrogens is 312 g/mol. The lowest BCUT2D eigenvalue weighted by Crippen LogP contribution is -2.57. The lowest BCUT2D eigenvalue weighted by Gasteiger charge is -2.39. The number of rotatable bonds is 2. The Hall–Kier alpha value is -2.32. The van der Waals surface area contributed by atoms with Crippen LogP contribution in [0.4, 0.5) is 4.79 Å². The number of fused-ring (bicyclic) bond motifs is 1. The predicted molar refractivity (Wildman–Crippen MR) is 86.5 cm³/mol. The lowest BCUT2D eigenvalue weighted by atomic mass is 10.2. The lowest BCUT2D eigenvalue weighted by molar-refractivity contribution is 0.0137. The second-order valence-electron chi connectivity index (χ2n) is 7.03. The van der Waals surface area contributed by atoms with Crippen molar-refractivity contribution in [2.75, 3.05) is 26.2 Å². The topological polar surface area (TPSA) is 96.1 Å². The highest BCUT2D eigenvalue weighted by Crippen LogP contribution is 2.18. The third-order valence-corrected chi connectivity index (χ3v) is 3.83. The van der Waals surface area contributed by atoms with Gasteiger partial charge in [-0.2, -0.15) is 4.98 Å². The zero-order valence-corrected chi connectivity index (χ0v) is 14.6. The van der Waals surface area contributed by atoms with Crippen LogP contribution >= 0.6 is 0 Å². The van der Waals surface area contributed by atoms with Gasteiger partial charge in [-0.15, -0.1) is 0 Å². The fourth-order valence-electron chi connectivity index (χ4n) is 2.79. The van der Waals surface area contributed by atoms with Crippen LogP contribution in [-0.4, -0.2) is 69.8 Å². The van der Waals surface area contributed by atoms with E-state index in [9.17, 15) is 4.79 Å². The molecule has 0 bridgehead atoms. The smallest absolute Gasteiger partial charge is 0.410 e. The van der Waals surface area contributed by atoms with Crippen LogP contribution in [0.2, 0.25) is 0 Å². The van der Waals surface area contributed by atoms with Crippen molar-refractivity contribution in [3.63, 3.8) is 0 Å². The van der Waals surface area contributed by atoms with Gasteiger partial charge in [0.25, 0.3) is 0 Å². The van der Waals surface area contributed by atoms with Gasteiger partial charge in [0.05, 0.1) is 19.1 Å². The Morgan fingerprint density at radius 2 is 2.21 bits per heavy atom. The SMILES string of the molecule is Cc1noc(CNC2=NCC3CN(C(=O)OC(C)(C)C)CCN23)n1. The van der Waals surface area contributed by atoms with Crippen LogP contribution in [-0.2, 0) is 11.3 Å². The van der Waals surface area contributed by atoms with Crippen molar-refractivity contribution in [3.8, 4) is 0 Å². The molecular formula is C15H24N6O3. The third kappa shape index (κ3) is 3.77. The summed E-state index contributed by atoms with van der Waals surface area (Å²) in [6.45, 7) is 10.5. The van der Waals surface area contributed by atoms with E-state index in [0.29, 0.717) is 37.9 Å². The van der Waals surface area contributed by atoms with Gasteiger partial charge in [0.2, 0.25) is 5.89 Å². The van der Waals surface area contributed by atoms with Crippen molar-refractivity contribution < 1.29 is 14.1 Å². The minimum atomic E-state index is -0.477. The van der Waals surface area contributed by atoms with Crippen LogP contribution in [0, 0.1) is 6.92 Å². The third-order valence-electron chi connectivity index (χ3n) is 3.83. The maximum atomic E-state index is 12.2. The minimum Gasteiger partial charge on any atom is -0.444 e. The summed E-state index contributed by atoms with van der Waals surface area (Å²) in [6.07, 6.45) is -0.259.